The second-order valence-electron chi connectivity index (χ2n) is 5.40. The van der Waals surface area contributed by atoms with Crippen molar-refractivity contribution in [3.8, 4) is 0 Å². The van der Waals surface area contributed by atoms with Gasteiger partial charge in [-0.15, -0.1) is 0 Å². The minimum absolute atomic E-state index is 0.0997. The lowest BCUT2D eigenvalue weighted by molar-refractivity contribution is -0.0811. The number of ether oxygens (including phenoxy) is 3. The van der Waals surface area contributed by atoms with Crippen LogP contribution in [0.1, 0.15) is 11.8 Å². The van der Waals surface area contributed by atoms with Crippen LogP contribution in [0.5, 0.6) is 0 Å². The van der Waals surface area contributed by atoms with E-state index in [2.05, 4.69) is 4.98 Å². The maximum atomic E-state index is 12.1. The molecule has 3 N–H and O–H groups in total. The Labute approximate surface area is 143 Å². The van der Waals surface area contributed by atoms with E-state index in [1.807, 2.05) is 0 Å². The quantitative estimate of drug-likeness (QED) is 0.363. The number of aliphatic hydroxyl groups excluding tert-OH is 1. The van der Waals surface area contributed by atoms with Crippen molar-refractivity contribution in [2.24, 2.45) is 0 Å². The monoisotopic (exact) mass is 380 g/mol. The zero-order valence-electron chi connectivity index (χ0n) is 13.7. The molecule has 0 saturated carbocycles. The molecule has 0 spiro atoms. The number of hydrogen-bond donors (Lipinski definition) is 3. The van der Waals surface area contributed by atoms with Gasteiger partial charge in [-0.1, -0.05) is 0 Å². The Morgan fingerprint density at radius 1 is 1.36 bits per heavy atom. The average Bonchev–Trinajstić information content (AvgIpc) is 2.88. The Morgan fingerprint density at radius 3 is 2.68 bits per heavy atom. The smallest absolute Gasteiger partial charge is 0.330 e. The lowest BCUT2D eigenvalue weighted by Gasteiger charge is -2.24. The molecule has 25 heavy (non-hydrogen) atoms. The topological polar surface area (TPSA) is 149 Å². The van der Waals surface area contributed by atoms with Crippen LogP contribution in [0, 0.1) is 6.92 Å². The third kappa shape index (κ3) is 4.64. The van der Waals surface area contributed by atoms with Crippen LogP contribution < -0.4 is 11.2 Å². The molecule has 0 aliphatic carbocycles. The Bertz CT molecular complexity index is 718. The molecule has 1 fully saturated rings. The van der Waals surface area contributed by atoms with Crippen LogP contribution in [0.2, 0.25) is 0 Å². The highest BCUT2D eigenvalue weighted by Crippen LogP contribution is 2.37. The summed E-state index contributed by atoms with van der Waals surface area (Å²) in [6, 6.07) is 0. The van der Waals surface area contributed by atoms with Gasteiger partial charge in [0.1, 0.15) is 18.3 Å². The molecule has 1 aliphatic rings. The van der Waals surface area contributed by atoms with Gasteiger partial charge < -0.3 is 28.7 Å². The van der Waals surface area contributed by atoms with E-state index >= 15 is 0 Å². The molecule has 0 aromatic carbocycles. The summed E-state index contributed by atoms with van der Waals surface area (Å²) in [6.07, 6.45) is -2.82. The van der Waals surface area contributed by atoms with E-state index in [4.69, 9.17) is 23.6 Å². The first-order valence-electron chi connectivity index (χ1n) is 7.47. The lowest BCUT2D eigenvalue weighted by Crippen LogP contribution is -2.41. The number of nitrogens with one attached hydrogen (secondary N) is 1. The molecule has 11 nitrogen and oxygen atoms in total. The van der Waals surface area contributed by atoms with E-state index in [1.165, 1.54) is 20.2 Å². The molecule has 2 rings (SSSR count). The predicted molar refractivity (Wildman–Crippen MR) is 84.8 cm³/mol. The summed E-state index contributed by atoms with van der Waals surface area (Å²) in [5, 5.41) is 9.47. The molecular weight excluding hydrogens is 359 g/mol. The van der Waals surface area contributed by atoms with Crippen molar-refractivity contribution in [2.75, 3.05) is 26.9 Å². The predicted octanol–water partition coefficient (Wildman–Crippen LogP) is -1.47. The fourth-order valence-electron chi connectivity index (χ4n) is 2.56. The Balaban J connectivity index is 2.39. The highest BCUT2D eigenvalue weighted by molar-refractivity contribution is 7.32. The highest BCUT2D eigenvalue weighted by atomic mass is 31.1. The SMILES string of the molecule is COCCOC1C(O[PH](=O)O)[C@@H](CO)O[C@H]1n1cc(C)c(=O)[nH]c1=O. The van der Waals surface area contributed by atoms with Gasteiger partial charge in [-0.25, -0.2) is 4.79 Å². The molecule has 1 aromatic rings. The molecule has 0 radical (unpaired) electrons. The summed E-state index contributed by atoms with van der Waals surface area (Å²) >= 11 is 0. The van der Waals surface area contributed by atoms with Gasteiger partial charge in [0.05, 0.1) is 19.8 Å². The molecule has 3 unspecified atom stereocenters. The third-order valence-electron chi connectivity index (χ3n) is 3.72. The van der Waals surface area contributed by atoms with Crippen LogP contribution in [-0.2, 0) is 23.3 Å². The van der Waals surface area contributed by atoms with Gasteiger partial charge in [0, 0.05) is 18.9 Å². The standard InChI is InChI=1S/C13H21N2O9P/c1-7-5-15(13(18)14-11(7)17)12-10(22-4-3-21-2)9(24-25(19)20)8(6-16)23-12/h5,8-10,12,16,25H,3-4,6H2,1-2H3,(H,19,20)(H,14,17,18)/t8-,9?,10?,12-/m1/s1. The van der Waals surface area contributed by atoms with Crippen LogP contribution in [0.3, 0.4) is 0 Å². The summed E-state index contributed by atoms with van der Waals surface area (Å²) in [4.78, 5) is 34.9. The first-order chi connectivity index (χ1) is 11.9. The zero-order valence-corrected chi connectivity index (χ0v) is 14.7. The molecule has 142 valence electrons. The second kappa shape index (κ2) is 8.86. The van der Waals surface area contributed by atoms with Crippen molar-refractivity contribution in [3.63, 3.8) is 0 Å². The molecule has 1 aliphatic heterocycles. The van der Waals surface area contributed by atoms with Crippen LogP contribution in [-0.4, -0.2) is 64.8 Å². The zero-order chi connectivity index (χ0) is 18.6. The lowest BCUT2D eigenvalue weighted by atomic mass is 10.1. The summed E-state index contributed by atoms with van der Waals surface area (Å²) in [5.74, 6) is 0. The van der Waals surface area contributed by atoms with E-state index in [0.717, 1.165) is 4.57 Å². The van der Waals surface area contributed by atoms with Gasteiger partial charge in [0.2, 0.25) is 0 Å². The van der Waals surface area contributed by atoms with Gasteiger partial charge in [-0.2, -0.15) is 0 Å². The first-order valence-corrected chi connectivity index (χ1v) is 8.74. The number of rotatable bonds is 8. The van der Waals surface area contributed by atoms with E-state index in [1.54, 1.807) is 0 Å². The summed E-state index contributed by atoms with van der Waals surface area (Å²) in [5.41, 5.74) is -1.02. The first kappa shape index (κ1) is 20.0. The van der Waals surface area contributed by atoms with Gasteiger partial charge >= 0.3 is 13.9 Å². The van der Waals surface area contributed by atoms with E-state index in [0.29, 0.717) is 0 Å². The van der Waals surface area contributed by atoms with E-state index in [9.17, 15) is 19.3 Å². The van der Waals surface area contributed by atoms with Gasteiger partial charge in [0.15, 0.2) is 6.23 Å². The minimum atomic E-state index is -3.35. The molecule has 1 saturated heterocycles. The number of nitrogens with zero attached hydrogens (tertiary/aromatic N) is 1. The summed E-state index contributed by atoms with van der Waals surface area (Å²) < 4.78 is 33.3. The molecule has 0 bridgehead atoms. The van der Waals surface area contributed by atoms with Crippen molar-refractivity contribution in [1.29, 1.82) is 0 Å². The molecule has 0 amide bonds. The Hall–Kier alpha value is -1.33. The van der Waals surface area contributed by atoms with Crippen LogP contribution >= 0.6 is 8.25 Å². The number of methoxy groups -OCH3 is 1. The van der Waals surface area contributed by atoms with Crippen molar-refractivity contribution >= 4 is 8.25 Å². The van der Waals surface area contributed by atoms with Crippen LogP contribution in [0.15, 0.2) is 15.8 Å². The number of aryl methyl sites for hydroxylation is 1. The fraction of sp³-hybridized carbons (Fsp3) is 0.692. The molecule has 5 atom stereocenters. The largest absolute Gasteiger partial charge is 0.394 e. The van der Waals surface area contributed by atoms with Crippen LogP contribution in [0.25, 0.3) is 0 Å². The average molecular weight is 380 g/mol. The number of hydrogen-bond acceptors (Lipinski definition) is 8. The van der Waals surface area contributed by atoms with E-state index < -0.39 is 50.7 Å². The number of aliphatic hydroxyl groups is 1. The summed E-state index contributed by atoms with van der Waals surface area (Å²) in [7, 11) is -1.88. The number of H-pyrrole nitrogens is 1. The van der Waals surface area contributed by atoms with E-state index in [-0.39, 0.29) is 18.8 Å². The molecule has 2 heterocycles. The number of aromatic amines is 1. The third-order valence-corrected chi connectivity index (χ3v) is 4.19. The maximum Gasteiger partial charge on any atom is 0.330 e. The molecule has 1 aromatic heterocycles. The minimum Gasteiger partial charge on any atom is -0.394 e. The Morgan fingerprint density at radius 2 is 2.08 bits per heavy atom. The second-order valence-corrected chi connectivity index (χ2v) is 6.17. The molecule has 12 heteroatoms. The molecular formula is C13H21N2O9P. The normalized spacial score (nSPS) is 27.5. The van der Waals surface area contributed by atoms with Gasteiger partial charge in [0.25, 0.3) is 5.56 Å². The fourth-order valence-corrected chi connectivity index (χ4v) is 3.08. The van der Waals surface area contributed by atoms with Gasteiger partial charge in [-0.3, -0.25) is 18.9 Å². The van der Waals surface area contributed by atoms with Gasteiger partial charge in [-0.05, 0) is 6.92 Å². The van der Waals surface area contributed by atoms with Crippen molar-refractivity contribution < 1.29 is 33.3 Å². The maximum absolute atomic E-state index is 12.1. The summed E-state index contributed by atoms with van der Waals surface area (Å²) in [6.45, 7) is 1.32. The Kier molecular flexibility index (Phi) is 7.08. The van der Waals surface area contributed by atoms with Crippen molar-refractivity contribution in [2.45, 2.75) is 31.5 Å². The number of aromatic nitrogens is 2. The highest BCUT2D eigenvalue weighted by Gasteiger charge is 2.48. The van der Waals surface area contributed by atoms with Crippen molar-refractivity contribution in [1.82, 2.24) is 9.55 Å². The van der Waals surface area contributed by atoms with Crippen LogP contribution in [0.4, 0.5) is 0 Å². The van der Waals surface area contributed by atoms with Crippen molar-refractivity contribution in [3.05, 3.63) is 32.6 Å².